The Kier molecular flexibility index (Phi) is 3.24. The second kappa shape index (κ2) is 4.65. The van der Waals surface area contributed by atoms with E-state index < -0.39 is 0 Å². The van der Waals surface area contributed by atoms with Gasteiger partial charge in [-0.2, -0.15) is 0 Å². The Morgan fingerprint density at radius 1 is 1.56 bits per heavy atom. The van der Waals surface area contributed by atoms with Gasteiger partial charge >= 0.3 is 0 Å². The summed E-state index contributed by atoms with van der Waals surface area (Å²) < 4.78 is 5.21. The van der Waals surface area contributed by atoms with Crippen LogP contribution in [0, 0.1) is 6.92 Å². The van der Waals surface area contributed by atoms with Crippen LogP contribution >= 0.6 is 0 Å². The molecule has 5 nitrogen and oxygen atoms in total. The molecular formula is C11H18N4O. The van der Waals surface area contributed by atoms with E-state index in [0.29, 0.717) is 18.5 Å². The van der Waals surface area contributed by atoms with Crippen LogP contribution in [0.4, 0.5) is 5.82 Å². The molecule has 1 atom stereocenters. The molecule has 2 heterocycles. The summed E-state index contributed by atoms with van der Waals surface area (Å²) in [6, 6.07) is 0.401. The molecule has 5 heteroatoms. The highest BCUT2D eigenvalue weighted by molar-refractivity contribution is 5.51. The molecule has 0 radical (unpaired) electrons. The molecule has 0 amide bonds. The summed E-state index contributed by atoms with van der Waals surface area (Å²) in [7, 11) is 1.63. The Balaban J connectivity index is 2.32. The zero-order valence-electron chi connectivity index (χ0n) is 9.81. The molecule has 2 rings (SSSR count). The van der Waals surface area contributed by atoms with Crippen molar-refractivity contribution in [2.24, 2.45) is 5.73 Å². The highest BCUT2D eigenvalue weighted by Crippen LogP contribution is 2.29. The molecule has 0 saturated carbocycles. The van der Waals surface area contributed by atoms with E-state index in [1.54, 1.807) is 13.4 Å². The van der Waals surface area contributed by atoms with E-state index >= 15 is 0 Å². The van der Waals surface area contributed by atoms with E-state index in [1.807, 2.05) is 6.92 Å². The highest BCUT2D eigenvalue weighted by Gasteiger charge is 2.26. The minimum Gasteiger partial charge on any atom is -0.481 e. The van der Waals surface area contributed by atoms with Gasteiger partial charge < -0.3 is 15.4 Å². The van der Waals surface area contributed by atoms with Crippen molar-refractivity contribution in [1.82, 2.24) is 9.97 Å². The van der Waals surface area contributed by atoms with Gasteiger partial charge in [0.15, 0.2) is 0 Å². The Labute approximate surface area is 95.6 Å². The zero-order valence-corrected chi connectivity index (χ0v) is 9.81. The fraction of sp³-hybridized carbons (Fsp3) is 0.636. The van der Waals surface area contributed by atoms with Crippen molar-refractivity contribution in [3.05, 3.63) is 11.9 Å². The molecule has 2 N–H and O–H groups in total. The summed E-state index contributed by atoms with van der Waals surface area (Å²) in [6.07, 6.45) is 3.86. The Morgan fingerprint density at radius 3 is 3.06 bits per heavy atom. The summed E-state index contributed by atoms with van der Waals surface area (Å²) >= 11 is 0. The third kappa shape index (κ3) is 1.82. The van der Waals surface area contributed by atoms with E-state index in [1.165, 1.54) is 6.42 Å². The predicted octanol–water partition coefficient (Wildman–Crippen LogP) is 0.721. The number of ether oxygens (including phenoxy) is 1. The van der Waals surface area contributed by atoms with Crippen LogP contribution in [0.5, 0.6) is 5.88 Å². The van der Waals surface area contributed by atoms with Crippen LogP contribution in [0.1, 0.15) is 18.4 Å². The van der Waals surface area contributed by atoms with Crippen LogP contribution in [0.25, 0.3) is 0 Å². The van der Waals surface area contributed by atoms with Gasteiger partial charge in [0.25, 0.3) is 0 Å². The van der Waals surface area contributed by atoms with Crippen LogP contribution in [-0.2, 0) is 0 Å². The number of methoxy groups -OCH3 is 1. The van der Waals surface area contributed by atoms with Crippen molar-refractivity contribution in [3.63, 3.8) is 0 Å². The largest absolute Gasteiger partial charge is 0.481 e. The number of nitrogens with zero attached hydrogens (tertiary/aromatic N) is 3. The summed E-state index contributed by atoms with van der Waals surface area (Å²) in [6.45, 7) is 3.68. The molecule has 1 unspecified atom stereocenters. The summed E-state index contributed by atoms with van der Waals surface area (Å²) in [5, 5.41) is 0. The first-order valence-corrected chi connectivity index (χ1v) is 5.60. The van der Waals surface area contributed by atoms with E-state index in [-0.39, 0.29) is 0 Å². The number of rotatable bonds is 3. The van der Waals surface area contributed by atoms with E-state index in [9.17, 15) is 0 Å². The third-order valence-corrected chi connectivity index (χ3v) is 3.13. The molecule has 0 aliphatic carbocycles. The Morgan fingerprint density at radius 2 is 2.38 bits per heavy atom. The maximum atomic E-state index is 5.77. The van der Waals surface area contributed by atoms with Gasteiger partial charge in [-0.05, 0) is 19.8 Å². The van der Waals surface area contributed by atoms with Gasteiger partial charge in [-0.25, -0.2) is 9.97 Å². The second-order valence-electron chi connectivity index (χ2n) is 4.06. The maximum absolute atomic E-state index is 5.77. The molecule has 1 aromatic rings. The van der Waals surface area contributed by atoms with Gasteiger partial charge in [0.2, 0.25) is 5.88 Å². The highest BCUT2D eigenvalue weighted by atomic mass is 16.5. The van der Waals surface area contributed by atoms with Crippen molar-refractivity contribution in [1.29, 1.82) is 0 Å². The van der Waals surface area contributed by atoms with Crippen molar-refractivity contribution in [2.75, 3.05) is 25.1 Å². The first-order chi connectivity index (χ1) is 7.77. The predicted molar refractivity (Wildman–Crippen MR) is 62.7 cm³/mol. The minimum atomic E-state index is 0.401. The average Bonchev–Trinajstić information content (AvgIpc) is 2.77. The lowest BCUT2D eigenvalue weighted by molar-refractivity contribution is 0.393. The molecule has 0 aromatic carbocycles. The van der Waals surface area contributed by atoms with Gasteiger partial charge in [0.1, 0.15) is 12.1 Å². The minimum absolute atomic E-state index is 0.401. The Bertz CT molecular complexity index is 369. The SMILES string of the molecule is COc1ncnc(N2CCCC2CN)c1C. The smallest absolute Gasteiger partial charge is 0.221 e. The maximum Gasteiger partial charge on any atom is 0.221 e. The van der Waals surface area contributed by atoms with Crippen LogP contribution < -0.4 is 15.4 Å². The third-order valence-electron chi connectivity index (χ3n) is 3.13. The lowest BCUT2D eigenvalue weighted by atomic mass is 10.2. The quantitative estimate of drug-likeness (QED) is 0.816. The first kappa shape index (κ1) is 11.1. The summed E-state index contributed by atoms with van der Waals surface area (Å²) in [4.78, 5) is 10.7. The van der Waals surface area contributed by atoms with Crippen LogP contribution in [0.3, 0.4) is 0 Å². The molecule has 88 valence electrons. The van der Waals surface area contributed by atoms with E-state index in [0.717, 1.165) is 24.3 Å². The van der Waals surface area contributed by atoms with Crippen LogP contribution in [-0.4, -0.2) is 36.2 Å². The normalized spacial score (nSPS) is 20.2. The molecule has 1 aliphatic rings. The topological polar surface area (TPSA) is 64.3 Å². The van der Waals surface area contributed by atoms with E-state index in [4.69, 9.17) is 10.5 Å². The number of nitrogens with two attached hydrogens (primary N) is 1. The fourth-order valence-corrected chi connectivity index (χ4v) is 2.28. The molecule has 1 aliphatic heterocycles. The number of hydrogen-bond acceptors (Lipinski definition) is 5. The fourth-order valence-electron chi connectivity index (χ4n) is 2.28. The molecule has 1 aromatic heterocycles. The van der Waals surface area contributed by atoms with Crippen LogP contribution in [0.2, 0.25) is 0 Å². The van der Waals surface area contributed by atoms with Gasteiger partial charge in [-0.15, -0.1) is 0 Å². The van der Waals surface area contributed by atoms with Gasteiger partial charge in [-0.1, -0.05) is 0 Å². The average molecular weight is 222 g/mol. The summed E-state index contributed by atoms with van der Waals surface area (Å²) in [5.74, 6) is 1.60. The second-order valence-corrected chi connectivity index (χ2v) is 4.06. The molecule has 0 spiro atoms. The van der Waals surface area contributed by atoms with Crippen molar-refractivity contribution >= 4 is 5.82 Å². The van der Waals surface area contributed by atoms with Gasteiger partial charge in [-0.3, -0.25) is 0 Å². The standard InChI is InChI=1S/C11H18N4O/c1-8-10(13-7-14-11(8)16-2)15-5-3-4-9(15)6-12/h7,9H,3-6,12H2,1-2H3. The lowest BCUT2D eigenvalue weighted by Crippen LogP contribution is -2.36. The van der Waals surface area contributed by atoms with Crippen molar-refractivity contribution < 1.29 is 4.74 Å². The van der Waals surface area contributed by atoms with Crippen LogP contribution in [0.15, 0.2) is 6.33 Å². The molecule has 16 heavy (non-hydrogen) atoms. The number of anilines is 1. The van der Waals surface area contributed by atoms with E-state index in [2.05, 4.69) is 14.9 Å². The molecule has 0 bridgehead atoms. The monoisotopic (exact) mass is 222 g/mol. The zero-order chi connectivity index (χ0) is 11.5. The summed E-state index contributed by atoms with van der Waals surface area (Å²) in [5.41, 5.74) is 6.76. The molecular weight excluding hydrogens is 204 g/mol. The number of aromatic nitrogens is 2. The Hall–Kier alpha value is -1.36. The van der Waals surface area contributed by atoms with Gasteiger partial charge in [0, 0.05) is 19.1 Å². The first-order valence-electron chi connectivity index (χ1n) is 5.60. The van der Waals surface area contributed by atoms with Crippen molar-refractivity contribution in [3.8, 4) is 5.88 Å². The number of hydrogen-bond donors (Lipinski definition) is 1. The molecule has 1 saturated heterocycles. The molecule has 1 fully saturated rings. The van der Waals surface area contributed by atoms with Gasteiger partial charge in [0.05, 0.1) is 12.7 Å². The lowest BCUT2D eigenvalue weighted by Gasteiger charge is -2.26. The van der Waals surface area contributed by atoms with Crippen molar-refractivity contribution in [2.45, 2.75) is 25.8 Å².